The predicted molar refractivity (Wildman–Crippen MR) is 76.6 cm³/mol. The molecule has 0 bridgehead atoms. The lowest BCUT2D eigenvalue weighted by atomic mass is 9.92. The molecule has 108 valence electrons. The van der Waals surface area contributed by atoms with Crippen LogP contribution in [0.2, 0.25) is 0 Å². The van der Waals surface area contributed by atoms with Gasteiger partial charge in [0.15, 0.2) is 5.78 Å². The average Bonchev–Trinajstić information content (AvgIpc) is 2.49. The summed E-state index contributed by atoms with van der Waals surface area (Å²) in [5.41, 5.74) is 1.20. The molecule has 0 aliphatic heterocycles. The maximum Gasteiger partial charge on any atom is 0.307 e. The van der Waals surface area contributed by atoms with E-state index in [0.717, 1.165) is 0 Å². The van der Waals surface area contributed by atoms with Crippen molar-refractivity contribution in [3.05, 3.63) is 71.5 Å². The van der Waals surface area contributed by atoms with Gasteiger partial charge in [0.1, 0.15) is 5.82 Å². The first-order valence-electron chi connectivity index (χ1n) is 6.62. The Balaban J connectivity index is 2.07. The van der Waals surface area contributed by atoms with Gasteiger partial charge in [-0.3, -0.25) is 9.59 Å². The zero-order valence-corrected chi connectivity index (χ0v) is 11.3. The van der Waals surface area contributed by atoms with Gasteiger partial charge in [-0.2, -0.15) is 0 Å². The minimum absolute atomic E-state index is 0.0727. The molecule has 0 aromatic heterocycles. The van der Waals surface area contributed by atoms with E-state index >= 15 is 0 Å². The number of halogens is 1. The Morgan fingerprint density at radius 3 is 2.19 bits per heavy atom. The standard InChI is InChI=1S/C17H15FO3/c18-15-8-6-12(7-9-15)10-14(17(20)21)11-16(19)13-4-2-1-3-5-13/h1-9,14H,10-11H2,(H,20,21). The molecule has 1 N–H and O–H groups in total. The molecule has 0 aliphatic rings. The number of hydrogen-bond donors (Lipinski definition) is 1. The van der Waals surface area contributed by atoms with Crippen LogP contribution >= 0.6 is 0 Å². The van der Waals surface area contributed by atoms with Gasteiger partial charge in [-0.05, 0) is 24.1 Å². The summed E-state index contributed by atoms with van der Waals surface area (Å²) in [6, 6.07) is 14.3. The summed E-state index contributed by atoms with van der Waals surface area (Å²) in [6.07, 6.45) is 0.130. The van der Waals surface area contributed by atoms with Crippen LogP contribution in [-0.2, 0) is 11.2 Å². The molecule has 1 atom stereocenters. The van der Waals surface area contributed by atoms with Crippen LogP contribution in [0.3, 0.4) is 0 Å². The molecule has 0 radical (unpaired) electrons. The van der Waals surface area contributed by atoms with Crippen LogP contribution in [0.1, 0.15) is 22.3 Å². The van der Waals surface area contributed by atoms with E-state index in [-0.39, 0.29) is 24.4 Å². The molecule has 2 aromatic carbocycles. The molecule has 0 saturated heterocycles. The minimum atomic E-state index is -1.02. The van der Waals surface area contributed by atoms with Crippen LogP contribution in [0.25, 0.3) is 0 Å². The van der Waals surface area contributed by atoms with Crippen molar-refractivity contribution in [3.63, 3.8) is 0 Å². The molecule has 0 heterocycles. The summed E-state index contributed by atoms with van der Waals surface area (Å²) in [6.45, 7) is 0. The summed E-state index contributed by atoms with van der Waals surface area (Å²) in [7, 11) is 0. The summed E-state index contributed by atoms with van der Waals surface area (Å²) in [5.74, 6) is -2.41. The van der Waals surface area contributed by atoms with Gasteiger partial charge in [-0.1, -0.05) is 42.5 Å². The third kappa shape index (κ3) is 4.24. The Hall–Kier alpha value is -2.49. The van der Waals surface area contributed by atoms with Crippen molar-refractivity contribution < 1.29 is 19.1 Å². The predicted octanol–water partition coefficient (Wildman–Crippen LogP) is 3.34. The van der Waals surface area contributed by atoms with Gasteiger partial charge in [0, 0.05) is 12.0 Å². The van der Waals surface area contributed by atoms with Gasteiger partial charge in [-0.15, -0.1) is 0 Å². The molecule has 2 rings (SSSR count). The third-order valence-electron chi connectivity index (χ3n) is 3.27. The highest BCUT2D eigenvalue weighted by Gasteiger charge is 2.22. The molecular formula is C17H15FO3. The molecule has 4 heteroatoms. The maximum absolute atomic E-state index is 12.8. The fraction of sp³-hybridized carbons (Fsp3) is 0.176. The highest BCUT2D eigenvalue weighted by atomic mass is 19.1. The number of carboxylic acid groups (broad SMARTS) is 1. The number of carboxylic acids is 1. The molecule has 0 spiro atoms. The van der Waals surface area contributed by atoms with Crippen molar-refractivity contribution in [1.82, 2.24) is 0 Å². The van der Waals surface area contributed by atoms with E-state index in [0.29, 0.717) is 11.1 Å². The van der Waals surface area contributed by atoms with Crippen molar-refractivity contribution >= 4 is 11.8 Å². The van der Waals surface area contributed by atoms with Crippen LogP contribution in [0.15, 0.2) is 54.6 Å². The van der Waals surface area contributed by atoms with E-state index in [9.17, 15) is 19.1 Å². The van der Waals surface area contributed by atoms with Gasteiger partial charge >= 0.3 is 5.97 Å². The zero-order valence-electron chi connectivity index (χ0n) is 11.3. The third-order valence-corrected chi connectivity index (χ3v) is 3.27. The molecule has 2 aromatic rings. The Morgan fingerprint density at radius 2 is 1.62 bits per heavy atom. The topological polar surface area (TPSA) is 54.4 Å². The number of Topliss-reactive ketones (excluding diaryl/α,β-unsaturated/α-hetero) is 1. The second-order valence-corrected chi connectivity index (χ2v) is 4.86. The van der Waals surface area contributed by atoms with Crippen LogP contribution < -0.4 is 0 Å². The molecular weight excluding hydrogens is 271 g/mol. The number of hydrogen-bond acceptors (Lipinski definition) is 2. The van der Waals surface area contributed by atoms with Gasteiger partial charge < -0.3 is 5.11 Å². The van der Waals surface area contributed by atoms with Crippen molar-refractivity contribution in [3.8, 4) is 0 Å². The number of rotatable bonds is 6. The fourth-order valence-electron chi connectivity index (χ4n) is 2.12. The zero-order chi connectivity index (χ0) is 15.2. The second kappa shape index (κ2) is 6.79. The quantitative estimate of drug-likeness (QED) is 0.829. The molecule has 21 heavy (non-hydrogen) atoms. The van der Waals surface area contributed by atoms with Gasteiger partial charge in [0.2, 0.25) is 0 Å². The molecule has 0 aliphatic carbocycles. The van der Waals surface area contributed by atoms with Gasteiger partial charge in [0.25, 0.3) is 0 Å². The van der Waals surface area contributed by atoms with Crippen molar-refractivity contribution in [2.24, 2.45) is 5.92 Å². The molecule has 3 nitrogen and oxygen atoms in total. The van der Waals surface area contributed by atoms with Crippen LogP contribution in [0.4, 0.5) is 4.39 Å². The van der Waals surface area contributed by atoms with Crippen LogP contribution in [0.5, 0.6) is 0 Å². The van der Waals surface area contributed by atoms with Crippen LogP contribution in [0, 0.1) is 11.7 Å². The number of carbonyl (C=O) groups excluding carboxylic acids is 1. The van der Waals surface area contributed by atoms with Crippen molar-refractivity contribution in [2.45, 2.75) is 12.8 Å². The maximum atomic E-state index is 12.8. The van der Waals surface area contributed by atoms with Gasteiger partial charge in [-0.25, -0.2) is 4.39 Å². The van der Waals surface area contributed by atoms with E-state index in [1.807, 2.05) is 0 Å². The first-order chi connectivity index (χ1) is 10.1. The van der Waals surface area contributed by atoms with Crippen molar-refractivity contribution in [2.75, 3.05) is 0 Å². The lowest BCUT2D eigenvalue weighted by Gasteiger charge is -2.11. The second-order valence-electron chi connectivity index (χ2n) is 4.86. The van der Waals surface area contributed by atoms with E-state index < -0.39 is 11.9 Å². The Morgan fingerprint density at radius 1 is 1.00 bits per heavy atom. The lowest BCUT2D eigenvalue weighted by Crippen LogP contribution is -2.20. The molecule has 0 amide bonds. The summed E-state index contributed by atoms with van der Waals surface area (Å²) < 4.78 is 12.8. The highest BCUT2D eigenvalue weighted by Crippen LogP contribution is 2.16. The SMILES string of the molecule is O=C(CC(Cc1ccc(F)cc1)C(=O)O)c1ccccc1. The minimum Gasteiger partial charge on any atom is -0.481 e. The first-order valence-corrected chi connectivity index (χ1v) is 6.62. The smallest absolute Gasteiger partial charge is 0.307 e. The number of benzene rings is 2. The van der Waals surface area contributed by atoms with Crippen LogP contribution in [-0.4, -0.2) is 16.9 Å². The van der Waals surface area contributed by atoms with Gasteiger partial charge in [0.05, 0.1) is 5.92 Å². The summed E-state index contributed by atoms with van der Waals surface area (Å²) in [4.78, 5) is 23.4. The fourth-order valence-corrected chi connectivity index (χ4v) is 2.12. The van der Waals surface area contributed by atoms with E-state index in [4.69, 9.17) is 0 Å². The summed E-state index contributed by atoms with van der Waals surface area (Å²) in [5, 5.41) is 9.26. The summed E-state index contributed by atoms with van der Waals surface area (Å²) >= 11 is 0. The van der Waals surface area contributed by atoms with E-state index in [2.05, 4.69) is 0 Å². The van der Waals surface area contributed by atoms with Crippen molar-refractivity contribution in [1.29, 1.82) is 0 Å². The normalized spacial score (nSPS) is 11.9. The highest BCUT2D eigenvalue weighted by molar-refractivity contribution is 5.97. The first kappa shape index (κ1) is 14.9. The van der Waals surface area contributed by atoms with E-state index in [1.54, 1.807) is 30.3 Å². The average molecular weight is 286 g/mol. The number of aliphatic carboxylic acids is 1. The Kier molecular flexibility index (Phi) is 4.82. The van der Waals surface area contributed by atoms with E-state index in [1.165, 1.54) is 24.3 Å². The number of carbonyl (C=O) groups is 2. The lowest BCUT2D eigenvalue weighted by molar-refractivity contribution is -0.141. The molecule has 0 saturated carbocycles. The molecule has 0 fully saturated rings. The Bertz CT molecular complexity index is 620. The Labute approximate surface area is 122 Å². The molecule has 1 unspecified atom stereocenters. The largest absolute Gasteiger partial charge is 0.481 e. The monoisotopic (exact) mass is 286 g/mol. The number of ketones is 1.